The number of fused-ring (bicyclic) bond motifs is 1. The summed E-state index contributed by atoms with van der Waals surface area (Å²) in [6.07, 6.45) is 0.542. The quantitative estimate of drug-likeness (QED) is 0.816. The number of benzene rings is 1. The first kappa shape index (κ1) is 14.2. The van der Waals surface area contributed by atoms with Gasteiger partial charge in [0.2, 0.25) is 0 Å². The van der Waals surface area contributed by atoms with Crippen LogP contribution in [0.15, 0.2) is 18.3 Å². The van der Waals surface area contributed by atoms with Gasteiger partial charge in [-0.25, -0.2) is 0 Å². The van der Waals surface area contributed by atoms with Crippen LogP contribution in [0.3, 0.4) is 0 Å². The number of aromatic nitrogens is 2. The van der Waals surface area contributed by atoms with Gasteiger partial charge in [0.15, 0.2) is 0 Å². The average molecular weight is 298 g/mol. The lowest BCUT2D eigenvalue weighted by Gasteiger charge is -2.24. The summed E-state index contributed by atoms with van der Waals surface area (Å²) in [7, 11) is 0. The largest absolute Gasteiger partial charge is 0.416 e. The van der Waals surface area contributed by atoms with Crippen molar-refractivity contribution in [3.63, 3.8) is 0 Å². The maximum atomic E-state index is 12.9. The molecule has 0 saturated carbocycles. The molecule has 0 radical (unpaired) electrons. The van der Waals surface area contributed by atoms with Crippen molar-refractivity contribution < 1.29 is 13.2 Å². The smallest absolute Gasteiger partial charge is 0.383 e. The first-order chi connectivity index (χ1) is 10.0. The number of nitrogens with zero attached hydrogens (tertiary/aromatic N) is 1. The molecule has 1 aliphatic heterocycles. The second kappa shape index (κ2) is 5.55. The van der Waals surface area contributed by atoms with Crippen LogP contribution in [0.4, 0.5) is 18.9 Å². The molecule has 2 heterocycles. The highest BCUT2D eigenvalue weighted by molar-refractivity contribution is 5.91. The van der Waals surface area contributed by atoms with E-state index in [1.165, 1.54) is 0 Å². The zero-order chi connectivity index (χ0) is 14.9. The fourth-order valence-electron chi connectivity index (χ4n) is 2.69. The van der Waals surface area contributed by atoms with Crippen molar-refractivity contribution >= 4 is 16.6 Å². The Balaban J connectivity index is 1.84. The molecule has 1 saturated heterocycles. The Morgan fingerprint density at radius 1 is 1.29 bits per heavy atom. The second-order valence-electron chi connectivity index (χ2n) is 5.38. The molecule has 0 unspecified atom stereocenters. The van der Waals surface area contributed by atoms with Crippen LogP contribution in [0.2, 0.25) is 0 Å². The number of halogens is 3. The van der Waals surface area contributed by atoms with Crippen molar-refractivity contribution in [3.8, 4) is 0 Å². The minimum atomic E-state index is -4.36. The van der Waals surface area contributed by atoms with Gasteiger partial charge < -0.3 is 10.6 Å². The van der Waals surface area contributed by atoms with E-state index in [1.54, 1.807) is 6.20 Å². The molecule has 21 heavy (non-hydrogen) atoms. The Morgan fingerprint density at radius 3 is 2.86 bits per heavy atom. The number of anilines is 1. The molecule has 2 aromatic rings. The summed E-state index contributed by atoms with van der Waals surface area (Å²) < 4.78 is 38.8. The Labute approximate surface area is 120 Å². The summed E-state index contributed by atoms with van der Waals surface area (Å²) in [5.41, 5.74) is 0.197. The zero-order valence-electron chi connectivity index (χ0n) is 11.4. The number of hydrogen-bond acceptors (Lipinski definition) is 3. The number of alkyl halides is 3. The van der Waals surface area contributed by atoms with E-state index in [0.29, 0.717) is 29.2 Å². The van der Waals surface area contributed by atoms with Gasteiger partial charge in [0.05, 0.1) is 17.3 Å². The van der Waals surface area contributed by atoms with Crippen molar-refractivity contribution in [2.75, 3.05) is 18.4 Å². The minimum absolute atomic E-state index is 0.301. The van der Waals surface area contributed by atoms with Crippen molar-refractivity contribution in [1.82, 2.24) is 15.5 Å². The molecule has 3 N–H and O–H groups in total. The molecule has 1 aromatic carbocycles. The van der Waals surface area contributed by atoms with Crippen LogP contribution in [0.1, 0.15) is 24.8 Å². The van der Waals surface area contributed by atoms with Crippen LogP contribution in [-0.2, 0) is 6.18 Å². The third-order valence-corrected chi connectivity index (χ3v) is 3.84. The van der Waals surface area contributed by atoms with E-state index in [-0.39, 0.29) is 0 Å². The van der Waals surface area contributed by atoms with E-state index in [2.05, 4.69) is 20.8 Å². The summed E-state index contributed by atoms with van der Waals surface area (Å²) in [4.78, 5) is 0. The van der Waals surface area contributed by atoms with Gasteiger partial charge in [-0.2, -0.15) is 18.3 Å². The minimum Gasteiger partial charge on any atom is -0.383 e. The molecule has 1 fully saturated rings. The monoisotopic (exact) mass is 298 g/mol. The van der Waals surface area contributed by atoms with E-state index in [4.69, 9.17) is 0 Å². The number of piperidine rings is 1. The Kier molecular flexibility index (Phi) is 3.75. The lowest BCUT2D eigenvalue weighted by molar-refractivity contribution is -0.137. The van der Waals surface area contributed by atoms with E-state index in [0.717, 1.165) is 37.9 Å². The van der Waals surface area contributed by atoms with E-state index < -0.39 is 11.7 Å². The molecule has 0 bridgehead atoms. The lowest BCUT2D eigenvalue weighted by Crippen LogP contribution is -2.39. The van der Waals surface area contributed by atoms with Crippen LogP contribution in [-0.4, -0.2) is 29.3 Å². The molecule has 3 rings (SSSR count). The van der Waals surface area contributed by atoms with Crippen molar-refractivity contribution in [1.29, 1.82) is 0 Å². The Bertz CT molecular complexity index is 614. The first-order valence-electron chi connectivity index (χ1n) is 7.05. The lowest BCUT2D eigenvalue weighted by atomic mass is 10.0. The van der Waals surface area contributed by atoms with Gasteiger partial charge in [-0.05, 0) is 31.5 Å². The number of aromatic amines is 1. The summed E-state index contributed by atoms with van der Waals surface area (Å²) >= 11 is 0. The van der Waals surface area contributed by atoms with Crippen molar-refractivity contribution in [3.05, 3.63) is 23.9 Å². The van der Waals surface area contributed by atoms with Gasteiger partial charge in [-0.1, -0.05) is 6.42 Å². The van der Waals surface area contributed by atoms with Gasteiger partial charge in [0.25, 0.3) is 0 Å². The highest BCUT2D eigenvalue weighted by Gasteiger charge is 2.31. The molecule has 1 aliphatic rings. The summed E-state index contributed by atoms with van der Waals surface area (Å²) in [5.74, 6) is 0. The molecule has 1 aromatic heterocycles. The third kappa shape index (κ3) is 3.12. The highest BCUT2D eigenvalue weighted by Crippen LogP contribution is 2.34. The predicted molar refractivity (Wildman–Crippen MR) is 75.2 cm³/mol. The second-order valence-corrected chi connectivity index (χ2v) is 5.38. The number of rotatable bonds is 3. The molecule has 0 amide bonds. The van der Waals surface area contributed by atoms with Gasteiger partial charge in [-0.3, -0.25) is 5.10 Å². The maximum Gasteiger partial charge on any atom is 0.416 e. The highest BCUT2D eigenvalue weighted by atomic mass is 19.4. The van der Waals surface area contributed by atoms with Gasteiger partial charge in [-0.15, -0.1) is 0 Å². The molecule has 1 atom stereocenters. The SMILES string of the molecule is FC(F)(F)c1cc(NC[C@@H]2CCCCN2)c2cn[nH]c2c1. The van der Waals surface area contributed by atoms with Gasteiger partial charge in [0.1, 0.15) is 0 Å². The molecule has 0 spiro atoms. The fourth-order valence-corrected chi connectivity index (χ4v) is 2.69. The molecule has 114 valence electrons. The number of H-pyrrole nitrogens is 1. The Hall–Kier alpha value is -1.76. The normalized spacial score (nSPS) is 19.9. The van der Waals surface area contributed by atoms with Crippen LogP contribution in [0.25, 0.3) is 10.9 Å². The van der Waals surface area contributed by atoms with Crippen LogP contribution >= 0.6 is 0 Å². The fraction of sp³-hybridized carbons (Fsp3) is 0.500. The van der Waals surface area contributed by atoms with Crippen LogP contribution < -0.4 is 10.6 Å². The molecule has 0 aliphatic carbocycles. The van der Waals surface area contributed by atoms with Crippen molar-refractivity contribution in [2.45, 2.75) is 31.5 Å². The van der Waals surface area contributed by atoms with E-state index in [9.17, 15) is 13.2 Å². The van der Waals surface area contributed by atoms with Gasteiger partial charge >= 0.3 is 6.18 Å². The summed E-state index contributed by atoms with van der Waals surface area (Å²) in [6.45, 7) is 1.58. The molecule has 7 heteroatoms. The number of hydrogen-bond donors (Lipinski definition) is 3. The summed E-state index contributed by atoms with van der Waals surface area (Å²) in [5, 5.41) is 13.6. The number of nitrogens with one attached hydrogen (secondary N) is 3. The Morgan fingerprint density at radius 2 is 2.14 bits per heavy atom. The van der Waals surface area contributed by atoms with Gasteiger partial charge in [0, 0.05) is 23.7 Å². The van der Waals surface area contributed by atoms with Crippen molar-refractivity contribution in [2.24, 2.45) is 0 Å². The van der Waals surface area contributed by atoms with E-state index >= 15 is 0 Å². The molecule has 4 nitrogen and oxygen atoms in total. The molecular weight excluding hydrogens is 281 g/mol. The first-order valence-corrected chi connectivity index (χ1v) is 7.05. The zero-order valence-corrected chi connectivity index (χ0v) is 11.4. The topological polar surface area (TPSA) is 52.7 Å². The third-order valence-electron chi connectivity index (χ3n) is 3.84. The van der Waals surface area contributed by atoms with E-state index in [1.807, 2.05) is 0 Å². The van der Waals surface area contributed by atoms with Crippen LogP contribution in [0, 0.1) is 0 Å². The standard InChI is InChI=1S/C14H17F3N4/c15-14(16,17)9-5-12(11-8-20-21-13(11)6-9)19-7-10-3-1-2-4-18-10/h5-6,8,10,18-19H,1-4,7H2,(H,20,21)/t10-/m0/s1. The predicted octanol–water partition coefficient (Wildman–Crippen LogP) is 3.14. The molecular formula is C14H17F3N4. The summed E-state index contributed by atoms with van der Waals surface area (Å²) in [6, 6.07) is 2.54. The maximum absolute atomic E-state index is 12.9. The average Bonchev–Trinajstić information content (AvgIpc) is 2.93. The van der Waals surface area contributed by atoms with Crippen LogP contribution in [0.5, 0.6) is 0 Å².